The summed E-state index contributed by atoms with van der Waals surface area (Å²) in [5.41, 5.74) is -0.240. The molecular weight excluding hydrogens is 280 g/mol. The van der Waals surface area contributed by atoms with Gasteiger partial charge in [-0.3, -0.25) is 4.79 Å². The molecule has 16 heavy (non-hydrogen) atoms. The van der Waals surface area contributed by atoms with E-state index in [1.807, 2.05) is 0 Å². The van der Waals surface area contributed by atoms with Gasteiger partial charge in [0.15, 0.2) is 11.6 Å². The van der Waals surface area contributed by atoms with Gasteiger partial charge in [-0.05, 0) is 26.0 Å². The minimum Gasteiger partial charge on any atom is -0.339 e. The first kappa shape index (κ1) is 13.1. The maximum absolute atomic E-state index is 13.4. The van der Waals surface area contributed by atoms with E-state index in [0.717, 1.165) is 6.07 Å². The highest BCUT2D eigenvalue weighted by atomic mass is 79.9. The molecule has 0 atom stereocenters. The Morgan fingerprint density at radius 2 is 1.88 bits per heavy atom. The van der Waals surface area contributed by atoms with Crippen LogP contribution in [-0.2, 0) is 0 Å². The topological polar surface area (TPSA) is 20.3 Å². The molecular formula is C11H12BrF2NO. The van der Waals surface area contributed by atoms with Crippen molar-refractivity contribution in [1.82, 2.24) is 4.90 Å². The van der Waals surface area contributed by atoms with Gasteiger partial charge in [-0.1, -0.05) is 15.9 Å². The number of rotatable bonds is 3. The van der Waals surface area contributed by atoms with Gasteiger partial charge in [0.1, 0.15) is 0 Å². The number of nitrogens with zero attached hydrogens (tertiary/aromatic N) is 1. The van der Waals surface area contributed by atoms with E-state index in [0.29, 0.717) is 17.6 Å². The lowest BCUT2D eigenvalue weighted by Gasteiger charge is -2.19. The van der Waals surface area contributed by atoms with Crippen LogP contribution in [0.4, 0.5) is 8.78 Å². The first-order chi connectivity index (χ1) is 7.51. The summed E-state index contributed by atoms with van der Waals surface area (Å²) < 4.78 is 26.9. The molecule has 0 saturated heterocycles. The van der Waals surface area contributed by atoms with E-state index < -0.39 is 17.5 Å². The lowest BCUT2D eigenvalue weighted by Crippen LogP contribution is -2.31. The second-order valence-corrected chi connectivity index (χ2v) is 4.14. The van der Waals surface area contributed by atoms with Gasteiger partial charge in [-0.2, -0.15) is 0 Å². The molecule has 1 aromatic rings. The molecule has 1 amide bonds. The van der Waals surface area contributed by atoms with Gasteiger partial charge in [0.05, 0.1) is 5.56 Å². The normalized spacial score (nSPS) is 10.3. The van der Waals surface area contributed by atoms with Crippen LogP contribution >= 0.6 is 15.9 Å². The molecule has 0 aliphatic heterocycles. The molecule has 0 bridgehead atoms. The van der Waals surface area contributed by atoms with Gasteiger partial charge >= 0.3 is 0 Å². The zero-order valence-electron chi connectivity index (χ0n) is 9.06. The van der Waals surface area contributed by atoms with Crippen molar-refractivity contribution in [3.63, 3.8) is 0 Å². The minimum absolute atomic E-state index is 0.240. The van der Waals surface area contributed by atoms with Crippen LogP contribution in [0.15, 0.2) is 16.6 Å². The van der Waals surface area contributed by atoms with Gasteiger partial charge in [-0.15, -0.1) is 0 Å². The summed E-state index contributed by atoms with van der Waals surface area (Å²) in [6, 6.07) is 2.29. The Labute approximate surface area is 101 Å². The predicted molar refractivity (Wildman–Crippen MR) is 61.3 cm³/mol. The van der Waals surface area contributed by atoms with E-state index >= 15 is 0 Å². The standard InChI is InChI=1S/C11H12BrF2NO/c1-3-15(4-2)11(16)8-5-7(12)6-9(13)10(8)14/h5-6H,3-4H2,1-2H3. The minimum atomic E-state index is -1.10. The van der Waals surface area contributed by atoms with Crippen molar-refractivity contribution >= 4 is 21.8 Å². The van der Waals surface area contributed by atoms with Crippen LogP contribution < -0.4 is 0 Å². The maximum atomic E-state index is 13.4. The number of carbonyl (C=O) groups excluding carboxylic acids is 1. The molecule has 0 aromatic heterocycles. The second kappa shape index (κ2) is 5.39. The molecule has 0 heterocycles. The summed E-state index contributed by atoms with van der Waals surface area (Å²) in [7, 11) is 0. The molecule has 88 valence electrons. The number of hydrogen-bond acceptors (Lipinski definition) is 1. The number of hydrogen-bond donors (Lipinski definition) is 0. The molecule has 0 radical (unpaired) electrons. The van der Waals surface area contributed by atoms with E-state index in [9.17, 15) is 13.6 Å². The van der Waals surface area contributed by atoms with Crippen molar-refractivity contribution in [3.05, 3.63) is 33.8 Å². The van der Waals surface area contributed by atoms with Crippen LogP contribution in [0.1, 0.15) is 24.2 Å². The molecule has 0 aliphatic carbocycles. The van der Waals surface area contributed by atoms with E-state index in [1.165, 1.54) is 11.0 Å². The smallest absolute Gasteiger partial charge is 0.256 e. The first-order valence-electron chi connectivity index (χ1n) is 4.95. The fraction of sp³-hybridized carbons (Fsp3) is 0.364. The predicted octanol–water partition coefficient (Wildman–Crippen LogP) is 3.21. The van der Waals surface area contributed by atoms with Crippen LogP contribution in [0.25, 0.3) is 0 Å². The Kier molecular flexibility index (Phi) is 4.41. The van der Waals surface area contributed by atoms with E-state index in [2.05, 4.69) is 15.9 Å². The zero-order chi connectivity index (χ0) is 12.3. The Morgan fingerprint density at radius 1 is 1.31 bits per heavy atom. The molecule has 0 N–H and O–H groups in total. The van der Waals surface area contributed by atoms with E-state index in [-0.39, 0.29) is 5.56 Å². The Hall–Kier alpha value is -0.970. The van der Waals surface area contributed by atoms with Crippen LogP contribution in [0.2, 0.25) is 0 Å². The number of halogens is 3. The van der Waals surface area contributed by atoms with Crippen molar-refractivity contribution in [1.29, 1.82) is 0 Å². The summed E-state index contributed by atoms with van der Waals surface area (Å²) in [4.78, 5) is 13.3. The summed E-state index contributed by atoms with van der Waals surface area (Å²) in [6.07, 6.45) is 0. The fourth-order valence-electron chi connectivity index (χ4n) is 1.39. The molecule has 0 fully saturated rings. The lowest BCUT2D eigenvalue weighted by atomic mass is 10.1. The van der Waals surface area contributed by atoms with Gasteiger partial charge in [0.25, 0.3) is 5.91 Å². The Morgan fingerprint density at radius 3 is 2.38 bits per heavy atom. The van der Waals surface area contributed by atoms with Crippen molar-refractivity contribution in [3.8, 4) is 0 Å². The largest absolute Gasteiger partial charge is 0.339 e. The van der Waals surface area contributed by atoms with Crippen molar-refractivity contribution in [2.45, 2.75) is 13.8 Å². The quantitative estimate of drug-likeness (QED) is 0.783. The van der Waals surface area contributed by atoms with Gasteiger partial charge in [-0.25, -0.2) is 8.78 Å². The molecule has 1 aromatic carbocycles. The lowest BCUT2D eigenvalue weighted by molar-refractivity contribution is 0.0767. The third-order valence-electron chi connectivity index (χ3n) is 2.27. The van der Waals surface area contributed by atoms with E-state index in [1.54, 1.807) is 13.8 Å². The third-order valence-corrected chi connectivity index (χ3v) is 2.73. The van der Waals surface area contributed by atoms with Crippen LogP contribution in [0.3, 0.4) is 0 Å². The summed E-state index contributed by atoms with van der Waals surface area (Å²) >= 11 is 3.03. The monoisotopic (exact) mass is 291 g/mol. The highest BCUT2D eigenvalue weighted by Crippen LogP contribution is 2.20. The molecule has 2 nitrogen and oxygen atoms in total. The van der Waals surface area contributed by atoms with Gasteiger partial charge in [0.2, 0.25) is 0 Å². The molecule has 0 saturated carbocycles. The third kappa shape index (κ3) is 2.58. The first-order valence-corrected chi connectivity index (χ1v) is 5.74. The van der Waals surface area contributed by atoms with Crippen molar-refractivity contribution < 1.29 is 13.6 Å². The van der Waals surface area contributed by atoms with Gasteiger partial charge in [0, 0.05) is 17.6 Å². The summed E-state index contributed by atoms with van der Waals surface area (Å²) in [5, 5.41) is 0. The number of carbonyl (C=O) groups is 1. The SMILES string of the molecule is CCN(CC)C(=O)c1cc(Br)cc(F)c1F. The molecule has 0 aliphatic rings. The highest BCUT2D eigenvalue weighted by molar-refractivity contribution is 9.10. The summed E-state index contributed by atoms with van der Waals surface area (Å²) in [5.74, 6) is -2.62. The number of benzene rings is 1. The second-order valence-electron chi connectivity index (χ2n) is 3.23. The molecule has 5 heteroatoms. The Balaban J connectivity index is 3.17. The average Bonchev–Trinajstić information content (AvgIpc) is 2.24. The fourth-order valence-corrected chi connectivity index (χ4v) is 1.82. The zero-order valence-corrected chi connectivity index (χ0v) is 10.6. The van der Waals surface area contributed by atoms with Crippen LogP contribution in [0.5, 0.6) is 0 Å². The molecule has 0 spiro atoms. The van der Waals surface area contributed by atoms with Crippen molar-refractivity contribution in [2.24, 2.45) is 0 Å². The average molecular weight is 292 g/mol. The van der Waals surface area contributed by atoms with E-state index in [4.69, 9.17) is 0 Å². The molecule has 1 rings (SSSR count). The Bertz CT molecular complexity index is 405. The van der Waals surface area contributed by atoms with Crippen LogP contribution in [-0.4, -0.2) is 23.9 Å². The molecule has 0 unspecified atom stereocenters. The summed E-state index contributed by atoms with van der Waals surface area (Å²) in [6.45, 7) is 4.49. The highest BCUT2D eigenvalue weighted by Gasteiger charge is 2.20. The van der Waals surface area contributed by atoms with Crippen LogP contribution in [0, 0.1) is 11.6 Å². The number of amides is 1. The van der Waals surface area contributed by atoms with Gasteiger partial charge < -0.3 is 4.90 Å². The van der Waals surface area contributed by atoms with Crippen molar-refractivity contribution in [2.75, 3.05) is 13.1 Å². The maximum Gasteiger partial charge on any atom is 0.256 e.